The SMILES string of the molecule is CCOC(=O)C1=C(C)N=c2s/c(=C/c3ccc(OC)cc3)c(=O)n2C1c1ccc(O)cc1. The molecular formula is C24H22N2O5S. The second-order valence-corrected chi connectivity index (χ2v) is 8.18. The van der Waals surface area contributed by atoms with E-state index >= 15 is 0 Å². The van der Waals surface area contributed by atoms with Crippen molar-refractivity contribution in [3.8, 4) is 11.5 Å². The summed E-state index contributed by atoms with van der Waals surface area (Å²) in [7, 11) is 1.60. The van der Waals surface area contributed by atoms with Crippen LogP contribution in [-0.2, 0) is 9.53 Å². The maximum absolute atomic E-state index is 13.5. The lowest BCUT2D eigenvalue weighted by molar-refractivity contribution is -0.139. The molecule has 0 spiro atoms. The van der Waals surface area contributed by atoms with Crippen LogP contribution < -0.4 is 19.6 Å². The lowest BCUT2D eigenvalue weighted by Gasteiger charge is -2.24. The van der Waals surface area contributed by atoms with Crippen LogP contribution in [-0.4, -0.2) is 29.4 Å². The van der Waals surface area contributed by atoms with Gasteiger partial charge in [-0.1, -0.05) is 35.6 Å². The van der Waals surface area contributed by atoms with E-state index in [2.05, 4.69) is 4.99 Å². The quantitative estimate of drug-likeness (QED) is 0.604. The maximum atomic E-state index is 13.5. The van der Waals surface area contributed by atoms with Crippen molar-refractivity contribution in [1.82, 2.24) is 4.57 Å². The first-order valence-corrected chi connectivity index (χ1v) is 10.9. The standard InChI is InChI=1S/C24H22N2O5S/c1-4-31-23(29)20-14(2)25-24-26(21(20)16-7-9-17(27)10-8-16)22(28)19(32-24)13-15-5-11-18(30-3)12-6-15/h5-13,21,27H,4H2,1-3H3/b19-13+. The predicted octanol–water partition coefficient (Wildman–Crippen LogP) is 2.51. The van der Waals surface area contributed by atoms with Gasteiger partial charge >= 0.3 is 5.97 Å². The van der Waals surface area contributed by atoms with Gasteiger partial charge in [0.25, 0.3) is 5.56 Å². The molecule has 0 aliphatic carbocycles. The second kappa shape index (κ2) is 8.84. The fraction of sp³-hybridized carbons (Fsp3) is 0.208. The summed E-state index contributed by atoms with van der Waals surface area (Å²) in [6.45, 7) is 3.67. The van der Waals surface area contributed by atoms with Crippen molar-refractivity contribution in [3.05, 3.63) is 90.6 Å². The van der Waals surface area contributed by atoms with Crippen LogP contribution >= 0.6 is 11.3 Å². The molecule has 1 aliphatic heterocycles. The number of nitrogens with zero attached hydrogens (tertiary/aromatic N) is 2. The van der Waals surface area contributed by atoms with Crippen molar-refractivity contribution in [2.45, 2.75) is 19.9 Å². The Morgan fingerprint density at radius 1 is 1.19 bits per heavy atom. The van der Waals surface area contributed by atoms with Crippen LogP contribution in [0.1, 0.15) is 31.0 Å². The summed E-state index contributed by atoms with van der Waals surface area (Å²) in [6.07, 6.45) is 1.79. The molecule has 1 N–H and O–H groups in total. The van der Waals surface area contributed by atoms with E-state index in [-0.39, 0.29) is 17.9 Å². The van der Waals surface area contributed by atoms with E-state index in [1.54, 1.807) is 39.2 Å². The first kappa shape index (κ1) is 21.6. The van der Waals surface area contributed by atoms with Crippen molar-refractivity contribution in [2.75, 3.05) is 13.7 Å². The van der Waals surface area contributed by atoms with Crippen LogP contribution in [0.4, 0.5) is 0 Å². The topological polar surface area (TPSA) is 90.1 Å². The molecule has 0 bridgehead atoms. The number of hydrogen-bond donors (Lipinski definition) is 1. The van der Waals surface area contributed by atoms with E-state index in [9.17, 15) is 14.7 Å². The molecule has 1 atom stereocenters. The number of phenolic OH excluding ortho intramolecular Hbond substituents is 1. The number of aromatic nitrogens is 1. The number of hydrogen-bond acceptors (Lipinski definition) is 7. The van der Waals surface area contributed by atoms with Gasteiger partial charge in [-0.25, -0.2) is 9.79 Å². The van der Waals surface area contributed by atoms with Crippen molar-refractivity contribution in [3.63, 3.8) is 0 Å². The van der Waals surface area contributed by atoms with Crippen LogP contribution in [0.15, 0.2) is 69.6 Å². The molecule has 7 nitrogen and oxygen atoms in total. The third-order valence-corrected chi connectivity index (χ3v) is 6.12. The lowest BCUT2D eigenvalue weighted by atomic mass is 9.96. The van der Waals surface area contributed by atoms with Crippen LogP contribution in [0.2, 0.25) is 0 Å². The minimum absolute atomic E-state index is 0.0963. The molecule has 2 heterocycles. The van der Waals surface area contributed by atoms with Crippen LogP contribution in [0.5, 0.6) is 11.5 Å². The highest BCUT2D eigenvalue weighted by molar-refractivity contribution is 7.07. The number of esters is 1. The highest BCUT2D eigenvalue weighted by Crippen LogP contribution is 2.31. The number of thiazole rings is 1. The van der Waals surface area contributed by atoms with Crippen molar-refractivity contribution >= 4 is 23.4 Å². The van der Waals surface area contributed by atoms with E-state index in [1.807, 2.05) is 24.3 Å². The van der Waals surface area contributed by atoms with E-state index in [0.29, 0.717) is 26.2 Å². The van der Waals surface area contributed by atoms with Gasteiger partial charge in [-0.05, 0) is 55.3 Å². The Labute approximate surface area is 188 Å². The van der Waals surface area contributed by atoms with Crippen molar-refractivity contribution < 1.29 is 19.4 Å². The molecule has 0 fully saturated rings. The highest BCUT2D eigenvalue weighted by Gasteiger charge is 2.33. The summed E-state index contributed by atoms with van der Waals surface area (Å²) in [6, 6.07) is 13.1. The number of aromatic hydroxyl groups is 1. The zero-order chi connectivity index (χ0) is 22.8. The number of carbonyl (C=O) groups is 1. The largest absolute Gasteiger partial charge is 0.508 e. The zero-order valence-corrected chi connectivity index (χ0v) is 18.7. The number of carbonyl (C=O) groups excluding carboxylic acids is 1. The minimum Gasteiger partial charge on any atom is -0.508 e. The van der Waals surface area contributed by atoms with Gasteiger partial charge in [-0.15, -0.1) is 0 Å². The van der Waals surface area contributed by atoms with E-state index in [4.69, 9.17) is 9.47 Å². The molecule has 1 aliphatic rings. The van der Waals surface area contributed by atoms with Gasteiger partial charge < -0.3 is 14.6 Å². The molecule has 1 aromatic heterocycles. The Morgan fingerprint density at radius 3 is 2.50 bits per heavy atom. The first-order valence-electron chi connectivity index (χ1n) is 10.1. The van der Waals surface area contributed by atoms with Gasteiger partial charge in [0.15, 0.2) is 4.80 Å². The van der Waals surface area contributed by atoms with Gasteiger partial charge in [0, 0.05) is 0 Å². The summed E-state index contributed by atoms with van der Waals surface area (Å²) in [4.78, 5) is 31.3. The Balaban J connectivity index is 1.92. The number of benzene rings is 2. The Bertz CT molecular complexity index is 1370. The lowest BCUT2D eigenvalue weighted by Crippen LogP contribution is -2.39. The fourth-order valence-corrected chi connectivity index (χ4v) is 4.66. The Morgan fingerprint density at radius 2 is 1.88 bits per heavy atom. The number of allylic oxidation sites excluding steroid dienone is 1. The fourth-order valence-electron chi connectivity index (χ4n) is 3.62. The Kier molecular flexibility index (Phi) is 5.96. The molecule has 0 radical (unpaired) electrons. The van der Waals surface area contributed by atoms with Crippen molar-refractivity contribution in [1.29, 1.82) is 0 Å². The number of ether oxygens (including phenoxy) is 2. The van der Waals surface area contributed by atoms with Gasteiger partial charge in [-0.3, -0.25) is 9.36 Å². The molecule has 164 valence electrons. The number of rotatable bonds is 5. The predicted molar refractivity (Wildman–Crippen MR) is 121 cm³/mol. The van der Waals surface area contributed by atoms with E-state index in [0.717, 1.165) is 11.3 Å². The first-order chi connectivity index (χ1) is 15.4. The molecule has 1 unspecified atom stereocenters. The molecule has 3 aromatic rings. The van der Waals surface area contributed by atoms with Crippen LogP contribution in [0.25, 0.3) is 6.08 Å². The Hall–Kier alpha value is -3.65. The van der Waals surface area contributed by atoms with Gasteiger partial charge in [-0.2, -0.15) is 0 Å². The summed E-state index contributed by atoms with van der Waals surface area (Å²) < 4.78 is 12.5. The van der Waals surface area contributed by atoms with Gasteiger partial charge in [0.2, 0.25) is 0 Å². The average Bonchev–Trinajstić information content (AvgIpc) is 3.08. The van der Waals surface area contributed by atoms with Gasteiger partial charge in [0.1, 0.15) is 11.5 Å². The van der Waals surface area contributed by atoms with Crippen LogP contribution in [0, 0.1) is 0 Å². The molecule has 2 aromatic carbocycles. The number of fused-ring (bicyclic) bond motifs is 1. The average molecular weight is 451 g/mol. The minimum atomic E-state index is -0.705. The third-order valence-electron chi connectivity index (χ3n) is 5.14. The summed E-state index contributed by atoms with van der Waals surface area (Å²) in [5.41, 5.74) is 2.08. The second-order valence-electron chi connectivity index (χ2n) is 7.17. The van der Waals surface area contributed by atoms with E-state index < -0.39 is 12.0 Å². The molecule has 32 heavy (non-hydrogen) atoms. The number of phenols is 1. The summed E-state index contributed by atoms with van der Waals surface area (Å²) in [5, 5.41) is 9.72. The molecule has 0 amide bonds. The zero-order valence-electron chi connectivity index (χ0n) is 17.9. The highest BCUT2D eigenvalue weighted by atomic mass is 32.1. The van der Waals surface area contributed by atoms with Gasteiger partial charge in [0.05, 0.1) is 35.6 Å². The summed E-state index contributed by atoms with van der Waals surface area (Å²) >= 11 is 1.26. The molecular weight excluding hydrogens is 428 g/mol. The normalized spacial score (nSPS) is 15.8. The van der Waals surface area contributed by atoms with Crippen molar-refractivity contribution in [2.24, 2.45) is 4.99 Å². The monoisotopic (exact) mass is 450 g/mol. The van der Waals surface area contributed by atoms with Crippen LogP contribution in [0.3, 0.4) is 0 Å². The smallest absolute Gasteiger partial charge is 0.338 e. The molecule has 0 saturated carbocycles. The number of methoxy groups -OCH3 is 1. The molecule has 4 rings (SSSR count). The third kappa shape index (κ3) is 3.97. The molecule has 8 heteroatoms. The maximum Gasteiger partial charge on any atom is 0.338 e. The molecule has 0 saturated heterocycles. The summed E-state index contributed by atoms with van der Waals surface area (Å²) in [5.74, 6) is 0.306. The van der Waals surface area contributed by atoms with E-state index in [1.165, 1.54) is 28.0 Å².